The second kappa shape index (κ2) is 9.22. The van der Waals surface area contributed by atoms with Crippen molar-refractivity contribution in [3.05, 3.63) is 59.7 Å². The third kappa shape index (κ3) is 5.94. The molecule has 0 aliphatic carbocycles. The number of rotatable bonds is 7. The van der Waals surface area contributed by atoms with Crippen molar-refractivity contribution in [2.45, 2.75) is 19.9 Å². The molecule has 2 amide bonds. The van der Waals surface area contributed by atoms with Crippen molar-refractivity contribution >= 4 is 17.5 Å². The van der Waals surface area contributed by atoms with Gasteiger partial charge in [-0.05, 0) is 48.9 Å². The number of hydrazone groups is 1. The molecule has 0 radical (unpaired) electrons. The second-order valence-electron chi connectivity index (χ2n) is 5.64. The van der Waals surface area contributed by atoms with Crippen molar-refractivity contribution in [1.29, 1.82) is 0 Å². The molecule has 0 saturated heterocycles. The van der Waals surface area contributed by atoms with Crippen molar-refractivity contribution in [2.24, 2.45) is 5.10 Å². The van der Waals surface area contributed by atoms with E-state index in [0.717, 1.165) is 11.3 Å². The number of phenols is 1. The number of aromatic hydroxyl groups is 1. The minimum atomic E-state index is -0.414. The molecule has 7 heteroatoms. The van der Waals surface area contributed by atoms with Crippen molar-refractivity contribution in [2.75, 3.05) is 7.11 Å². The van der Waals surface area contributed by atoms with E-state index in [-0.39, 0.29) is 18.1 Å². The number of carbonyl (C=O) groups is 2. The molecule has 0 bridgehead atoms. The first-order valence-electron chi connectivity index (χ1n) is 8.00. The molecule has 0 saturated carbocycles. The molecule has 0 aliphatic rings. The van der Waals surface area contributed by atoms with Gasteiger partial charge in [0.1, 0.15) is 11.5 Å². The molecule has 2 aromatic rings. The zero-order chi connectivity index (χ0) is 18.9. The normalized spacial score (nSPS) is 10.9. The van der Waals surface area contributed by atoms with Crippen LogP contribution in [0.25, 0.3) is 0 Å². The number of nitrogens with zero attached hydrogens (tertiary/aromatic N) is 1. The zero-order valence-electron chi connectivity index (χ0n) is 14.7. The smallest absolute Gasteiger partial charge is 0.271 e. The van der Waals surface area contributed by atoms with Gasteiger partial charge in [-0.2, -0.15) is 5.10 Å². The number of hydrogen-bond acceptors (Lipinski definition) is 5. The average molecular weight is 355 g/mol. The Balaban J connectivity index is 1.78. The molecule has 0 unspecified atom stereocenters. The summed E-state index contributed by atoms with van der Waals surface area (Å²) in [6.07, 6.45) is 0.0754. The van der Waals surface area contributed by atoms with Gasteiger partial charge in [0.25, 0.3) is 5.91 Å². The van der Waals surface area contributed by atoms with E-state index < -0.39 is 5.91 Å². The maximum absolute atomic E-state index is 11.9. The Morgan fingerprint density at radius 2 is 1.73 bits per heavy atom. The minimum absolute atomic E-state index is 0.0754. The summed E-state index contributed by atoms with van der Waals surface area (Å²) in [6, 6.07) is 13.2. The summed E-state index contributed by atoms with van der Waals surface area (Å²) in [5.41, 5.74) is 4.18. The maximum Gasteiger partial charge on any atom is 0.271 e. The molecular weight excluding hydrogens is 334 g/mol. The Morgan fingerprint density at radius 1 is 1.08 bits per heavy atom. The van der Waals surface area contributed by atoms with Crippen LogP contribution >= 0.6 is 0 Å². The highest BCUT2D eigenvalue weighted by atomic mass is 16.5. The first kappa shape index (κ1) is 19.0. The number of phenolic OH excluding ortho intramolecular Hbond substituents is 1. The van der Waals surface area contributed by atoms with Crippen LogP contribution in [0.2, 0.25) is 0 Å². The summed E-state index contributed by atoms with van der Waals surface area (Å²) in [4.78, 5) is 23.8. The Morgan fingerprint density at radius 3 is 2.35 bits per heavy atom. The fourth-order valence-electron chi connectivity index (χ4n) is 2.10. The Bertz CT molecular complexity index is 783. The molecule has 3 N–H and O–H groups in total. The summed E-state index contributed by atoms with van der Waals surface area (Å²) in [7, 11) is 1.60. The van der Waals surface area contributed by atoms with E-state index >= 15 is 0 Å². The van der Waals surface area contributed by atoms with Gasteiger partial charge in [0, 0.05) is 17.8 Å². The van der Waals surface area contributed by atoms with Gasteiger partial charge in [-0.1, -0.05) is 12.1 Å². The molecule has 0 spiro atoms. The summed E-state index contributed by atoms with van der Waals surface area (Å²) >= 11 is 0. The summed E-state index contributed by atoms with van der Waals surface area (Å²) in [5, 5.41) is 15.9. The first-order chi connectivity index (χ1) is 12.5. The van der Waals surface area contributed by atoms with Gasteiger partial charge in [-0.3, -0.25) is 9.59 Å². The number of ether oxygens (including phenoxy) is 1. The van der Waals surface area contributed by atoms with E-state index in [1.165, 1.54) is 24.3 Å². The van der Waals surface area contributed by atoms with Crippen molar-refractivity contribution in [3.63, 3.8) is 0 Å². The molecule has 0 aliphatic heterocycles. The number of amides is 2. The molecule has 0 atom stereocenters. The van der Waals surface area contributed by atoms with E-state index in [0.29, 0.717) is 17.8 Å². The van der Waals surface area contributed by atoms with E-state index in [1.54, 1.807) is 14.0 Å². The lowest BCUT2D eigenvalue weighted by molar-refractivity contribution is -0.120. The molecule has 7 nitrogen and oxygen atoms in total. The average Bonchev–Trinajstić information content (AvgIpc) is 2.65. The molecule has 2 aromatic carbocycles. The third-order valence-corrected chi connectivity index (χ3v) is 3.54. The van der Waals surface area contributed by atoms with Crippen LogP contribution < -0.4 is 15.5 Å². The summed E-state index contributed by atoms with van der Waals surface area (Å²) in [6.45, 7) is 2.06. The van der Waals surface area contributed by atoms with Crippen molar-refractivity contribution in [1.82, 2.24) is 10.7 Å². The van der Waals surface area contributed by atoms with Crippen LogP contribution in [0, 0.1) is 0 Å². The third-order valence-electron chi connectivity index (χ3n) is 3.54. The van der Waals surface area contributed by atoms with Crippen LogP contribution in [-0.2, 0) is 11.3 Å². The number of nitrogens with one attached hydrogen (secondary N) is 2. The Labute approximate surface area is 151 Å². The van der Waals surface area contributed by atoms with Gasteiger partial charge in [-0.15, -0.1) is 0 Å². The molecule has 26 heavy (non-hydrogen) atoms. The van der Waals surface area contributed by atoms with Crippen LogP contribution in [0.1, 0.15) is 29.3 Å². The monoisotopic (exact) mass is 355 g/mol. The number of methoxy groups -OCH3 is 1. The van der Waals surface area contributed by atoms with Crippen LogP contribution in [0.4, 0.5) is 0 Å². The van der Waals surface area contributed by atoms with E-state index in [2.05, 4.69) is 15.8 Å². The highest BCUT2D eigenvalue weighted by Crippen LogP contribution is 2.11. The predicted molar refractivity (Wildman–Crippen MR) is 98.1 cm³/mol. The fourth-order valence-corrected chi connectivity index (χ4v) is 2.10. The fraction of sp³-hybridized carbons (Fsp3) is 0.211. The van der Waals surface area contributed by atoms with Gasteiger partial charge in [-0.25, -0.2) is 5.43 Å². The van der Waals surface area contributed by atoms with Gasteiger partial charge in [0.2, 0.25) is 5.91 Å². The van der Waals surface area contributed by atoms with E-state index in [1.807, 2.05) is 24.3 Å². The van der Waals surface area contributed by atoms with E-state index in [4.69, 9.17) is 4.74 Å². The van der Waals surface area contributed by atoms with Gasteiger partial charge in [0.05, 0.1) is 13.5 Å². The molecule has 0 fully saturated rings. The number of hydrogen-bond donors (Lipinski definition) is 3. The zero-order valence-corrected chi connectivity index (χ0v) is 14.7. The SMILES string of the molecule is COc1ccc(CNC(=O)C/C(C)=N\NC(=O)c2ccc(O)cc2)cc1. The highest BCUT2D eigenvalue weighted by Gasteiger charge is 2.07. The lowest BCUT2D eigenvalue weighted by Gasteiger charge is -2.07. The second-order valence-corrected chi connectivity index (χ2v) is 5.64. The Kier molecular flexibility index (Phi) is 6.73. The van der Waals surface area contributed by atoms with E-state index in [9.17, 15) is 14.7 Å². The van der Waals surface area contributed by atoms with Crippen molar-refractivity contribution < 1.29 is 19.4 Å². The molecule has 2 rings (SSSR count). The molecular formula is C19H21N3O4. The minimum Gasteiger partial charge on any atom is -0.508 e. The van der Waals surface area contributed by atoms with Gasteiger partial charge < -0.3 is 15.2 Å². The molecule has 0 aromatic heterocycles. The van der Waals surface area contributed by atoms with Gasteiger partial charge >= 0.3 is 0 Å². The topological polar surface area (TPSA) is 100 Å². The number of carbonyl (C=O) groups excluding carboxylic acids is 2. The largest absolute Gasteiger partial charge is 0.508 e. The first-order valence-corrected chi connectivity index (χ1v) is 8.00. The number of benzene rings is 2. The molecule has 0 heterocycles. The van der Waals surface area contributed by atoms with Crippen LogP contribution in [0.5, 0.6) is 11.5 Å². The lowest BCUT2D eigenvalue weighted by Crippen LogP contribution is -2.26. The predicted octanol–water partition coefficient (Wildman–Crippen LogP) is 2.21. The summed E-state index contributed by atoms with van der Waals surface area (Å²) in [5.74, 6) is 0.228. The lowest BCUT2D eigenvalue weighted by atomic mass is 10.2. The van der Waals surface area contributed by atoms with Gasteiger partial charge in [0.15, 0.2) is 0 Å². The summed E-state index contributed by atoms with van der Waals surface area (Å²) < 4.78 is 5.08. The quantitative estimate of drug-likeness (QED) is 0.524. The van der Waals surface area contributed by atoms with Crippen molar-refractivity contribution in [3.8, 4) is 11.5 Å². The Hall–Kier alpha value is -3.35. The van der Waals surface area contributed by atoms with Crippen LogP contribution in [-0.4, -0.2) is 29.7 Å². The maximum atomic E-state index is 11.9. The van der Waals surface area contributed by atoms with Crippen LogP contribution in [0.3, 0.4) is 0 Å². The standard InChI is InChI=1S/C19H21N3O4/c1-13(21-22-19(25)15-5-7-16(23)8-6-15)11-18(24)20-12-14-3-9-17(26-2)10-4-14/h3-10,23H,11-12H2,1-2H3,(H,20,24)(H,22,25)/b21-13-. The van der Waals surface area contributed by atoms with Crippen LogP contribution in [0.15, 0.2) is 53.6 Å². The molecule has 136 valence electrons. The highest BCUT2D eigenvalue weighted by molar-refractivity contribution is 6.01.